The highest BCUT2D eigenvalue weighted by atomic mass is 35.5. The van der Waals surface area contributed by atoms with Crippen LogP contribution in [0.5, 0.6) is 0 Å². The van der Waals surface area contributed by atoms with Crippen LogP contribution in [0.1, 0.15) is 36.5 Å². The second-order valence-electron chi connectivity index (χ2n) is 8.38. The van der Waals surface area contributed by atoms with E-state index in [1.54, 1.807) is 18.2 Å². The van der Waals surface area contributed by atoms with Crippen molar-refractivity contribution in [1.29, 1.82) is 0 Å². The largest absolute Gasteiger partial charge is 0.354 e. The van der Waals surface area contributed by atoms with E-state index in [9.17, 15) is 14.0 Å². The Labute approximate surface area is 216 Å². The number of unbranched alkanes of at least 4 members (excludes halogenated alkanes) is 1. The Bertz CT molecular complexity index is 1100. The molecule has 0 aliphatic rings. The normalized spacial score (nSPS) is 11.7. The third kappa shape index (κ3) is 7.81. The number of hydrogen-bond acceptors (Lipinski definition) is 2. The van der Waals surface area contributed by atoms with E-state index < -0.39 is 17.8 Å². The summed E-state index contributed by atoms with van der Waals surface area (Å²) in [6.07, 6.45) is 1.83. The molecule has 1 N–H and O–H groups in total. The highest BCUT2D eigenvalue weighted by molar-refractivity contribution is 6.31. The number of nitrogens with one attached hydrogen (secondary N) is 1. The fourth-order valence-corrected chi connectivity index (χ4v) is 4.16. The average molecular weight is 515 g/mol. The van der Waals surface area contributed by atoms with Crippen LogP contribution in [-0.2, 0) is 29.0 Å². The number of halogens is 3. The molecule has 0 aliphatic heterocycles. The highest BCUT2D eigenvalue weighted by Crippen LogP contribution is 2.23. The molecular formula is C28H29Cl2FN2O2. The van der Waals surface area contributed by atoms with E-state index in [2.05, 4.69) is 5.32 Å². The lowest BCUT2D eigenvalue weighted by atomic mass is 10.0. The lowest BCUT2D eigenvalue weighted by molar-refractivity contribution is -0.140. The van der Waals surface area contributed by atoms with Gasteiger partial charge in [-0.2, -0.15) is 0 Å². The van der Waals surface area contributed by atoms with Gasteiger partial charge in [0.15, 0.2) is 0 Å². The van der Waals surface area contributed by atoms with Gasteiger partial charge in [-0.3, -0.25) is 9.59 Å². The molecule has 3 rings (SSSR count). The van der Waals surface area contributed by atoms with Gasteiger partial charge in [-0.05, 0) is 41.8 Å². The van der Waals surface area contributed by atoms with Gasteiger partial charge in [0.1, 0.15) is 11.9 Å². The summed E-state index contributed by atoms with van der Waals surface area (Å²) in [6.45, 7) is 2.73. The predicted molar refractivity (Wildman–Crippen MR) is 139 cm³/mol. The van der Waals surface area contributed by atoms with Gasteiger partial charge >= 0.3 is 0 Å². The van der Waals surface area contributed by atoms with Gasteiger partial charge in [0, 0.05) is 35.1 Å². The molecule has 0 bridgehead atoms. The Kier molecular flexibility index (Phi) is 10.1. The SMILES string of the molecule is CCCCNC(=O)C(Cc1ccccc1)N(Cc1ccc(Cl)cc1)C(=O)Cc1c(F)cccc1Cl. The van der Waals surface area contributed by atoms with Gasteiger partial charge in [0.05, 0.1) is 6.42 Å². The third-order valence-electron chi connectivity index (χ3n) is 5.76. The molecule has 1 atom stereocenters. The zero-order valence-corrected chi connectivity index (χ0v) is 21.2. The molecule has 0 saturated carbocycles. The quantitative estimate of drug-likeness (QED) is 0.308. The number of hydrogen-bond donors (Lipinski definition) is 1. The van der Waals surface area contributed by atoms with E-state index in [1.807, 2.05) is 49.4 Å². The van der Waals surface area contributed by atoms with Crippen molar-refractivity contribution >= 4 is 35.0 Å². The van der Waals surface area contributed by atoms with Crippen LogP contribution in [0.25, 0.3) is 0 Å². The minimum Gasteiger partial charge on any atom is -0.354 e. The lowest BCUT2D eigenvalue weighted by Gasteiger charge is -2.32. The van der Waals surface area contributed by atoms with Crippen LogP contribution < -0.4 is 5.32 Å². The number of rotatable bonds is 11. The van der Waals surface area contributed by atoms with Crippen LogP contribution in [0.4, 0.5) is 4.39 Å². The molecule has 1 unspecified atom stereocenters. The van der Waals surface area contributed by atoms with Crippen LogP contribution in [0.15, 0.2) is 72.8 Å². The maximum atomic E-state index is 14.5. The van der Waals surface area contributed by atoms with Crippen LogP contribution in [0, 0.1) is 5.82 Å². The fraction of sp³-hybridized carbons (Fsp3) is 0.286. The molecule has 184 valence electrons. The fourth-order valence-electron chi connectivity index (χ4n) is 3.80. The van der Waals surface area contributed by atoms with Crippen molar-refractivity contribution in [3.05, 3.63) is 105 Å². The van der Waals surface area contributed by atoms with E-state index in [0.29, 0.717) is 18.0 Å². The first-order valence-corrected chi connectivity index (χ1v) is 12.4. The van der Waals surface area contributed by atoms with E-state index in [0.717, 1.165) is 24.0 Å². The van der Waals surface area contributed by atoms with Crippen molar-refractivity contribution in [2.45, 2.75) is 45.2 Å². The summed E-state index contributed by atoms with van der Waals surface area (Å²) < 4.78 is 14.5. The number of carbonyl (C=O) groups excluding carboxylic acids is 2. The molecule has 0 heterocycles. The van der Waals surface area contributed by atoms with Crippen molar-refractivity contribution in [1.82, 2.24) is 10.2 Å². The smallest absolute Gasteiger partial charge is 0.243 e. The molecule has 7 heteroatoms. The van der Waals surface area contributed by atoms with E-state index in [1.165, 1.54) is 17.0 Å². The van der Waals surface area contributed by atoms with E-state index in [-0.39, 0.29) is 29.5 Å². The summed E-state index contributed by atoms with van der Waals surface area (Å²) in [4.78, 5) is 28.5. The monoisotopic (exact) mass is 514 g/mol. The number of amides is 2. The maximum Gasteiger partial charge on any atom is 0.243 e. The van der Waals surface area contributed by atoms with Gasteiger partial charge in [-0.1, -0.05) is 85.1 Å². The second-order valence-corrected chi connectivity index (χ2v) is 9.22. The molecule has 0 saturated heterocycles. The van der Waals surface area contributed by atoms with Gasteiger partial charge in [0.25, 0.3) is 0 Å². The minimum atomic E-state index is -0.789. The summed E-state index contributed by atoms with van der Waals surface area (Å²) in [7, 11) is 0. The summed E-state index contributed by atoms with van der Waals surface area (Å²) in [6, 6.07) is 20.2. The first-order valence-electron chi connectivity index (χ1n) is 11.7. The molecule has 0 aliphatic carbocycles. The Morgan fingerprint density at radius 2 is 1.66 bits per heavy atom. The molecule has 0 radical (unpaired) electrons. The molecule has 2 amide bonds. The van der Waals surface area contributed by atoms with Crippen molar-refractivity contribution in [3.8, 4) is 0 Å². The molecular weight excluding hydrogens is 486 g/mol. The maximum absolute atomic E-state index is 14.5. The molecule has 3 aromatic carbocycles. The van der Waals surface area contributed by atoms with Gasteiger partial charge in [-0.25, -0.2) is 4.39 Å². The van der Waals surface area contributed by atoms with E-state index in [4.69, 9.17) is 23.2 Å². The van der Waals surface area contributed by atoms with Crippen LogP contribution in [0.2, 0.25) is 10.0 Å². The molecule has 0 spiro atoms. The van der Waals surface area contributed by atoms with Crippen LogP contribution >= 0.6 is 23.2 Å². The summed E-state index contributed by atoms with van der Waals surface area (Å²) >= 11 is 12.3. The average Bonchev–Trinajstić information content (AvgIpc) is 2.85. The summed E-state index contributed by atoms with van der Waals surface area (Å²) in [5.41, 5.74) is 1.84. The van der Waals surface area contributed by atoms with Crippen molar-refractivity contribution in [2.24, 2.45) is 0 Å². The van der Waals surface area contributed by atoms with E-state index >= 15 is 0 Å². The zero-order chi connectivity index (χ0) is 25.2. The Hall–Kier alpha value is -2.89. The highest BCUT2D eigenvalue weighted by Gasteiger charge is 2.31. The van der Waals surface area contributed by atoms with Crippen molar-refractivity contribution in [2.75, 3.05) is 6.54 Å². The first kappa shape index (κ1) is 26.7. The zero-order valence-electron chi connectivity index (χ0n) is 19.6. The van der Waals surface area contributed by atoms with Gasteiger partial charge < -0.3 is 10.2 Å². The Balaban J connectivity index is 1.97. The standard InChI is InChI=1S/C28H29Cl2FN2O2/c1-2-3-16-32-28(35)26(17-20-8-5-4-6-9-20)33(19-21-12-14-22(29)15-13-21)27(34)18-23-24(30)10-7-11-25(23)31/h4-15,26H,2-3,16-19H2,1H3,(H,32,35). The Morgan fingerprint density at radius 3 is 2.31 bits per heavy atom. The topological polar surface area (TPSA) is 49.4 Å². The van der Waals surface area contributed by atoms with Crippen molar-refractivity contribution in [3.63, 3.8) is 0 Å². The number of nitrogens with zero attached hydrogens (tertiary/aromatic N) is 1. The number of carbonyl (C=O) groups is 2. The molecule has 0 fully saturated rings. The van der Waals surface area contributed by atoms with Crippen LogP contribution in [0.3, 0.4) is 0 Å². The molecule has 3 aromatic rings. The first-order chi connectivity index (χ1) is 16.9. The molecule has 35 heavy (non-hydrogen) atoms. The summed E-state index contributed by atoms with van der Waals surface area (Å²) in [5, 5.41) is 3.72. The Morgan fingerprint density at radius 1 is 0.943 bits per heavy atom. The molecule has 4 nitrogen and oxygen atoms in total. The van der Waals surface area contributed by atoms with Crippen molar-refractivity contribution < 1.29 is 14.0 Å². The van der Waals surface area contributed by atoms with Gasteiger partial charge in [0.2, 0.25) is 11.8 Å². The number of benzene rings is 3. The van der Waals surface area contributed by atoms with Gasteiger partial charge in [-0.15, -0.1) is 0 Å². The third-order valence-corrected chi connectivity index (χ3v) is 6.36. The predicted octanol–water partition coefficient (Wildman–Crippen LogP) is 6.23. The summed E-state index contributed by atoms with van der Waals surface area (Å²) in [5.74, 6) is -1.19. The van der Waals surface area contributed by atoms with Crippen LogP contribution in [-0.4, -0.2) is 29.3 Å². The lowest BCUT2D eigenvalue weighted by Crippen LogP contribution is -2.51. The minimum absolute atomic E-state index is 0.116. The second kappa shape index (κ2) is 13.3. The molecule has 0 aromatic heterocycles.